The normalized spacial score (nSPS) is 26.7. The third-order valence-electron chi connectivity index (χ3n) is 6.85. The number of anilines is 1. The summed E-state index contributed by atoms with van der Waals surface area (Å²) in [7, 11) is -3.58. The molecule has 4 aliphatic rings. The molecule has 5 rings (SSSR count). The van der Waals surface area contributed by atoms with E-state index in [0.717, 1.165) is 23.7 Å². The molecule has 2 fully saturated rings. The molecule has 6 nitrogen and oxygen atoms in total. The number of amides is 1. The number of hydrogen-bond donors (Lipinski definition) is 0. The number of thioether (sulfide) groups is 1. The van der Waals surface area contributed by atoms with E-state index < -0.39 is 10.0 Å². The van der Waals surface area contributed by atoms with Crippen LogP contribution >= 0.6 is 11.8 Å². The van der Waals surface area contributed by atoms with Gasteiger partial charge in [-0.05, 0) is 25.0 Å². The maximum atomic E-state index is 13.5. The lowest BCUT2D eigenvalue weighted by molar-refractivity contribution is -0.117. The van der Waals surface area contributed by atoms with E-state index in [1.807, 2.05) is 6.07 Å². The molecule has 3 heterocycles. The molecule has 1 atom stereocenters. The second-order valence-electron chi connectivity index (χ2n) is 8.73. The van der Waals surface area contributed by atoms with Gasteiger partial charge in [0.2, 0.25) is 15.9 Å². The molecule has 3 aliphatic heterocycles. The minimum absolute atomic E-state index is 0.0261. The van der Waals surface area contributed by atoms with Gasteiger partial charge in [-0.15, -0.1) is 11.8 Å². The quantitative estimate of drug-likeness (QED) is 0.731. The zero-order chi connectivity index (χ0) is 20.2. The van der Waals surface area contributed by atoms with Crippen molar-refractivity contribution in [2.75, 3.05) is 37.6 Å². The third kappa shape index (κ3) is 3.42. The first-order valence-corrected chi connectivity index (χ1v) is 13.1. The van der Waals surface area contributed by atoms with Crippen LogP contribution in [0.5, 0.6) is 0 Å². The first-order chi connectivity index (χ1) is 13.9. The Kier molecular flexibility index (Phi) is 5.17. The summed E-state index contributed by atoms with van der Waals surface area (Å²) < 4.78 is 28.6. The molecule has 8 heteroatoms. The van der Waals surface area contributed by atoms with Crippen molar-refractivity contribution in [3.63, 3.8) is 0 Å². The predicted molar refractivity (Wildman–Crippen MR) is 115 cm³/mol. The summed E-state index contributed by atoms with van der Waals surface area (Å²) in [5, 5.41) is 0.327. The van der Waals surface area contributed by atoms with E-state index in [4.69, 9.17) is 0 Å². The highest BCUT2D eigenvalue weighted by Gasteiger charge is 2.40. The van der Waals surface area contributed by atoms with Crippen LogP contribution in [0.2, 0.25) is 0 Å². The van der Waals surface area contributed by atoms with Crippen molar-refractivity contribution in [3.05, 3.63) is 17.7 Å². The number of benzene rings is 1. The van der Waals surface area contributed by atoms with Gasteiger partial charge in [0, 0.05) is 54.5 Å². The standard InChI is InChI=1S/C21H29N3O3S2/c1-15-14-24-20(25)13-17-19(8-7-18(28-15)21(17)24)29(26,27)23-11-9-22(10-12-23)16-5-3-2-4-6-16/h7-8,15-16H,2-6,9-14H2,1H3/t15-/m0/s1. The van der Waals surface area contributed by atoms with Gasteiger partial charge >= 0.3 is 0 Å². The number of sulfonamides is 1. The number of hydrogen-bond acceptors (Lipinski definition) is 5. The van der Waals surface area contributed by atoms with Gasteiger partial charge in [0.25, 0.3) is 0 Å². The fourth-order valence-corrected chi connectivity index (χ4v) is 8.16. The molecule has 1 saturated carbocycles. The van der Waals surface area contributed by atoms with Gasteiger partial charge in [-0.3, -0.25) is 9.69 Å². The number of carbonyl (C=O) groups excluding carboxylic acids is 1. The molecule has 1 aromatic carbocycles. The maximum absolute atomic E-state index is 13.5. The van der Waals surface area contributed by atoms with Crippen LogP contribution in [0.4, 0.5) is 5.69 Å². The van der Waals surface area contributed by atoms with Crippen molar-refractivity contribution in [1.82, 2.24) is 9.21 Å². The van der Waals surface area contributed by atoms with Crippen molar-refractivity contribution in [2.24, 2.45) is 0 Å². The van der Waals surface area contributed by atoms with E-state index in [2.05, 4.69) is 11.8 Å². The van der Waals surface area contributed by atoms with E-state index in [1.165, 1.54) is 32.1 Å². The Labute approximate surface area is 177 Å². The van der Waals surface area contributed by atoms with Gasteiger partial charge in [0.05, 0.1) is 17.0 Å². The average Bonchev–Trinajstić information content (AvgIpc) is 3.05. The summed E-state index contributed by atoms with van der Waals surface area (Å²) >= 11 is 1.73. The van der Waals surface area contributed by atoms with E-state index in [9.17, 15) is 13.2 Å². The van der Waals surface area contributed by atoms with Gasteiger partial charge in [-0.2, -0.15) is 4.31 Å². The Morgan fingerprint density at radius 3 is 2.48 bits per heavy atom. The zero-order valence-corrected chi connectivity index (χ0v) is 18.6. The highest BCUT2D eigenvalue weighted by molar-refractivity contribution is 8.00. The smallest absolute Gasteiger partial charge is 0.243 e. The van der Waals surface area contributed by atoms with Crippen LogP contribution in [0.3, 0.4) is 0 Å². The number of rotatable bonds is 3. The van der Waals surface area contributed by atoms with Gasteiger partial charge < -0.3 is 4.90 Å². The Morgan fingerprint density at radius 1 is 1.03 bits per heavy atom. The lowest BCUT2D eigenvalue weighted by atomic mass is 9.94. The van der Waals surface area contributed by atoms with Gasteiger partial charge in [0.1, 0.15) is 0 Å². The monoisotopic (exact) mass is 435 g/mol. The van der Waals surface area contributed by atoms with Crippen LogP contribution in [0.15, 0.2) is 21.9 Å². The second-order valence-corrected chi connectivity index (χ2v) is 12.1. The molecular formula is C21H29N3O3S2. The molecule has 0 aromatic heterocycles. The molecule has 158 valence electrons. The molecule has 0 unspecified atom stereocenters. The second kappa shape index (κ2) is 7.55. The van der Waals surface area contributed by atoms with E-state index in [1.54, 1.807) is 27.0 Å². The van der Waals surface area contributed by atoms with Crippen LogP contribution in [0.1, 0.15) is 44.6 Å². The Hall–Kier alpha value is -1.09. The van der Waals surface area contributed by atoms with Crippen molar-refractivity contribution in [2.45, 2.75) is 66.5 Å². The van der Waals surface area contributed by atoms with Crippen LogP contribution in [-0.4, -0.2) is 67.5 Å². The fraction of sp³-hybridized carbons (Fsp3) is 0.667. The summed E-state index contributed by atoms with van der Waals surface area (Å²) in [6.07, 6.45) is 6.61. The average molecular weight is 436 g/mol. The minimum atomic E-state index is -3.58. The van der Waals surface area contributed by atoms with Gasteiger partial charge in [-0.25, -0.2) is 8.42 Å². The van der Waals surface area contributed by atoms with Crippen molar-refractivity contribution in [3.8, 4) is 0 Å². The largest absolute Gasteiger partial charge is 0.310 e. The first-order valence-electron chi connectivity index (χ1n) is 10.8. The van der Waals surface area contributed by atoms with Crippen LogP contribution in [0.25, 0.3) is 0 Å². The van der Waals surface area contributed by atoms with E-state index in [-0.39, 0.29) is 12.3 Å². The van der Waals surface area contributed by atoms with Crippen LogP contribution < -0.4 is 4.90 Å². The van der Waals surface area contributed by atoms with Crippen molar-refractivity contribution < 1.29 is 13.2 Å². The lowest BCUT2D eigenvalue weighted by Gasteiger charge is -2.40. The molecule has 1 amide bonds. The molecule has 1 aliphatic carbocycles. The van der Waals surface area contributed by atoms with Crippen molar-refractivity contribution >= 4 is 33.4 Å². The number of nitrogens with zero attached hydrogens (tertiary/aromatic N) is 3. The molecule has 1 aromatic rings. The molecular weight excluding hydrogens is 406 g/mol. The molecule has 0 spiro atoms. The van der Waals surface area contributed by atoms with Crippen molar-refractivity contribution in [1.29, 1.82) is 0 Å². The highest BCUT2D eigenvalue weighted by Crippen LogP contribution is 2.46. The topological polar surface area (TPSA) is 60.9 Å². The summed E-state index contributed by atoms with van der Waals surface area (Å²) in [5.41, 5.74) is 1.56. The summed E-state index contributed by atoms with van der Waals surface area (Å²) in [5.74, 6) is 0.0261. The summed E-state index contributed by atoms with van der Waals surface area (Å²) in [4.78, 5) is 18.2. The first kappa shape index (κ1) is 19.8. The highest BCUT2D eigenvalue weighted by atomic mass is 32.2. The van der Waals surface area contributed by atoms with E-state index in [0.29, 0.717) is 41.4 Å². The summed E-state index contributed by atoms with van der Waals surface area (Å²) in [6, 6.07) is 4.26. The predicted octanol–water partition coefficient (Wildman–Crippen LogP) is 2.71. The molecule has 1 saturated heterocycles. The Morgan fingerprint density at radius 2 is 1.76 bits per heavy atom. The summed E-state index contributed by atoms with van der Waals surface area (Å²) in [6.45, 7) is 5.46. The maximum Gasteiger partial charge on any atom is 0.243 e. The van der Waals surface area contributed by atoms with E-state index >= 15 is 0 Å². The molecule has 0 radical (unpaired) electrons. The zero-order valence-electron chi connectivity index (χ0n) is 17.0. The molecule has 29 heavy (non-hydrogen) atoms. The van der Waals surface area contributed by atoms with Crippen LogP contribution in [0, 0.1) is 0 Å². The minimum Gasteiger partial charge on any atom is -0.310 e. The number of carbonyl (C=O) groups is 1. The SMILES string of the molecule is C[C@H]1CN2C(=O)Cc3c(S(=O)(=O)N4CCN(C5CCCCC5)CC4)ccc(c32)S1. The number of piperazine rings is 1. The van der Waals surface area contributed by atoms with Crippen LogP contribution in [-0.2, 0) is 21.2 Å². The third-order valence-corrected chi connectivity index (χ3v) is 9.97. The Balaban J connectivity index is 1.39. The van der Waals surface area contributed by atoms with Gasteiger partial charge in [0.15, 0.2) is 0 Å². The lowest BCUT2D eigenvalue weighted by Crippen LogP contribution is -2.52. The molecule has 0 bridgehead atoms. The Bertz CT molecular complexity index is 919. The fourth-order valence-electron chi connectivity index (χ4n) is 5.37. The van der Waals surface area contributed by atoms with Gasteiger partial charge in [-0.1, -0.05) is 26.2 Å². The molecule has 0 N–H and O–H groups in total.